The summed E-state index contributed by atoms with van der Waals surface area (Å²) >= 11 is 7.19. The molecule has 5 heteroatoms. The van der Waals surface area contributed by atoms with Crippen molar-refractivity contribution in [3.63, 3.8) is 0 Å². The Morgan fingerprint density at radius 2 is 1.86 bits per heavy atom. The summed E-state index contributed by atoms with van der Waals surface area (Å²) in [7, 11) is 1.43. The van der Waals surface area contributed by atoms with Crippen molar-refractivity contribution < 1.29 is 9.53 Å². The summed E-state index contributed by atoms with van der Waals surface area (Å²) in [5, 5.41) is 1.08. The van der Waals surface area contributed by atoms with Crippen molar-refractivity contribution in [2.24, 2.45) is 0 Å². The van der Waals surface area contributed by atoms with Gasteiger partial charge in [0.25, 0.3) is 0 Å². The van der Waals surface area contributed by atoms with Gasteiger partial charge in [-0.05, 0) is 17.9 Å². The third-order valence-electron chi connectivity index (χ3n) is 1.48. The van der Waals surface area contributed by atoms with Gasteiger partial charge >= 0.3 is 5.97 Å². The van der Waals surface area contributed by atoms with E-state index in [-0.39, 0.29) is 5.97 Å². The van der Waals surface area contributed by atoms with Crippen LogP contribution in [0.1, 0.15) is 12.8 Å². The average Bonchev–Trinajstić information content (AvgIpc) is 2.21. The number of hydrogen-bond acceptors (Lipinski definition) is 4. The zero-order valence-corrected chi connectivity index (χ0v) is 11.7. The lowest BCUT2D eigenvalue weighted by atomic mass is 10.5. The van der Waals surface area contributed by atoms with Crippen LogP contribution in [0.2, 0.25) is 0 Å². The van der Waals surface area contributed by atoms with Crippen molar-refractivity contribution in [1.29, 1.82) is 0 Å². The first-order chi connectivity index (χ1) is 6.81. The normalized spacial score (nSPS) is 10.1. The Morgan fingerprint density at radius 1 is 1.21 bits per heavy atom. The van der Waals surface area contributed by atoms with Crippen LogP contribution in [0.3, 0.4) is 0 Å². The van der Waals surface area contributed by atoms with Crippen LogP contribution in [-0.4, -0.2) is 41.4 Å². The van der Waals surface area contributed by atoms with Crippen LogP contribution in [0.25, 0.3) is 0 Å². The maximum absolute atomic E-state index is 10.7. The van der Waals surface area contributed by atoms with Crippen molar-refractivity contribution in [3.8, 4) is 0 Å². The number of carbonyl (C=O) groups excluding carboxylic acids is 1. The van der Waals surface area contributed by atoms with Crippen LogP contribution in [0, 0.1) is 0 Å². The standard InChI is InChI=1S/C9H17BrO2S2/c1-12-9(11)3-7-13-5-2-6-14-8-4-10/h2-8H2,1H3. The molecule has 0 bridgehead atoms. The SMILES string of the molecule is COC(=O)CCSCCCSCCBr. The second-order valence-electron chi connectivity index (χ2n) is 2.59. The van der Waals surface area contributed by atoms with E-state index in [9.17, 15) is 4.79 Å². The van der Waals surface area contributed by atoms with E-state index in [1.165, 1.54) is 25.0 Å². The van der Waals surface area contributed by atoms with Gasteiger partial charge < -0.3 is 4.74 Å². The molecular formula is C9H17BrO2S2. The fourth-order valence-corrected chi connectivity index (χ4v) is 3.17. The monoisotopic (exact) mass is 300 g/mol. The van der Waals surface area contributed by atoms with E-state index >= 15 is 0 Å². The maximum atomic E-state index is 10.7. The molecule has 0 aromatic carbocycles. The maximum Gasteiger partial charge on any atom is 0.306 e. The number of rotatable bonds is 9. The van der Waals surface area contributed by atoms with Crippen LogP contribution < -0.4 is 0 Å². The molecule has 2 nitrogen and oxygen atoms in total. The Bertz CT molecular complexity index is 145. The molecular weight excluding hydrogens is 284 g/mol. The van der Waals surface area contributed by atoms with Gasteiger partial charge in [0.05, 0.1) is 13.5 Å². The van der Waals surface area contributed by atoms with Gasteiger partial charge in [0.1, 0.15) is 0 Å². The number of halogens is 1. The summed E-state index contributed by atoms with van der Waals surface area (Å²) in [6.45, 7) is 0. The molecule has 0 unspecified atom stereocenters. The van der Waals surface area contributed by atoms with E-state index in [0.717, 1.165) is 16.8 Å². The summed E-state index contributed by atoms with van der Waals surface area (Å²) in [5.41, 5.74) is 0. The minimum atomic E-state index is -0.105. The summed E-state index contributed by atoms with van der Waals surface area (Å²) in [5.74, 6) is 4.33. The minimum absolute atomic E-state index is 0.105. The fraction of sp³-hybridized carbons (Fsp3) is 0.889. The van der Waals surface area contributed by atoms with Gasteiger partial charge in [-0.15, -0.1) is 0 Å². The first-order valence-electron chi connectivity index (χ1n) is 4.59. The van der Waals surface area contributed by atoms with Gasteiger partial charge in [-0.1, -0.05) is 15.9 Å². The van der Waals surface area contributed by atoms with Gasteiger partial charge in [-0.3, -0.25) is 4.79 Å². The molecule has 0 amide bonds. The lowest BCUT2D eigenvalue weighted by Gasteiger charge is -2.00. The molecule has 84 valence electrons. The van der Waals surface area contributed by atoms with Crippen LogP contribution in [-0.2, 0) is 9.53 Å². The molecule has 0 aliphatic carbocycles. The molecule has 0 rings (SSSR count). The lowest BCUT2D eigenvalue weighted by Crippen LogP contribution is -2.01. The smallest absolute Gasteiger partial charge is 0.306 e. The Kier molecular flexibility index (Phi) is 12.3. The number of alkyl halides is 1. The summed E-state index contributed by atoms with van der Waals surface area (Å²) < 4.78 is 4.55. The van der Waals surface area contributed by atoms with E-state index in [4.69, 9.17) is 0 Å². The zero-order valence-electron chi connectivity index (χ0n) is 8.46. The highest BCUT2D eigenvalue weighted by Crippen LogP contribution is 2.09. The third kappa shape index (κ3) is 10.7. The van der Waals surface area contributed by atoms with Crippen LogP contribution in [0.15, 0.2) is 0 Å². The molecule has 0 saturated carbocycles. The van der Waals surface area contributed by atoms with E-state index in [1.807, 2.05) is 23.5 Å². The van der Waals surface area contributed by atoms with E-state index in [2.05, 4.69) is 20.7 Å². The molecule has 0 aromatic heterocycles. The van der Waals surface area contributed by atoms with Crippen molar-refractivity contribution in [2.75, 3.05) is 35.5 Å². The molecule has 0 heterocycles. The zero-order chi connectivity index (χ0) is 10.6. The quantitative estimate of drug-likeness (QED) is 0.372. The molecule has 0 aromatic rings. The predicted octanol–water partition coefficient (Wildman–Crippen LogP) is 2.80. The molecule has 0 saturated heterocycles. The van der Waals surface area contributed by atoms with Gasteiger partial charge in [-0.2, -0.15) is 23.5 Å². The van der Waals surface area contributed by atoms with Crippen molar-refractivity contribution in [2.45, 2.75) is 12.8 Å². The molecule has 0 fully saturated rings. The molecule has 0 aliphatic rings. The van der Waals surface area contributed by atoms with Crippen molar-refractivity contribution >= 4 is 45.4 Å². The highest BCUT2D eigenvalue weighted by Gasteiger charge is 1.98. The van der Waals surface area contributed by atoms with Gasteiger partial charge in [0.2, 0.25) is 0 Å². The van der Waals surface area contributed by atoms with Crippen molar-refractivity contribution in [3.05, 3.63) is 0 Å². The molecule has 0 radical (unpaired) electrons. The Morgan fingerprint density at radius 3 is 2.43 bits per heavy atom. The number of methoxy groups -OCH3 is 1. The molecule has 0 atom stereocenters. The van der Waals surface area contributed by atoms with Crippen LogP contribution in [0.4, 0.5) is 0 Å². The van der Waals surface area contributed by atoms with Gasteiger partial charge in [0, 0.05) is 16.8 Å². The van der Waals surface area contributed by atoms with Crippen LogP contribution >= 0.6 is 39.5 Å². The summed E-state index contributed by atoms with van der Waals surface area (Å²) in [6.07, 6.45) is 1.76. The summed E-state index contributed by atoms with van der Waals surface area (Å²) in [4.78, 5) is 10.7. The second-order valence-corrected chi connectivity index (χ2v) is 5.84. The number of ether oxygens (including phenoxy) is 1. The molecule has 14 heavy (non-hydrogen) atoms. The highest BCUT2D eigenvalue weighted by molar-refractivity contribution is 9.09. The second kappa shape index (κ2) is 11.7. The van der Waals surface area contributed by atoms with E-state index < -0.39 is 0 Å². The number of thioether (sulfide) groups is 2. The average molecular weight is 301 g/mol. The molecule has 0 aliphatic heterocycles. The number of esters is 1. The largest absolute Gasteiger partial charge is 0.469 e. The number of hydrogen-bond donors (Lipinski definition) is 0. The third-order valence-corrected chi connectivity index (χ3v) is 4.54. The van der Waals surface area contributed by atoms with Crippen molar-refractivity contribution in [1.82, 2.24) is 0 Å². The Hall–Kier alpha value is 0.650. The molecule has 0 N–H and O–H groups in total. The highest BCUT2D eigenvalue weighted by atomic mass is 79.9. The van der Waals surface area contributed by atoms with Gasteiger partial charge in [0.15, 0.2) is 0 Å². The minimum Gasteiger partial charge on any atom is -0.469 e. The molecule has 0 spiro atoms. The fourth-order valence-electron chi connectivity index (χ4n) is 0.779. The van der Waals surface area contributed by atoms with E-state index in [1.54, 1.807) is 0 Å². The topological polar surface area (TPSA) is 26.3 Å². The predicted molar refractivity (Wildman–Crippen MR) is 69.7 cm³/mol. The van der Waals surface area contributed by atoms with E-state index in [0.29, 0.717) is 6.42 Å². The Balaban J connectivity index is 2.95. The number of carbonyl (C=O) groups is 1. The first-order valence-corrected chi connectivity index (χ1v) is 8.02. The Labute approximate surface area is 103 Å². The van der Waals surface area contributed by atoms with Crippen LogP contribution in [0.5, 0.6) is 0 Å². The summed E-state index contributed by atoms with van der Waals surface area (Å²) in [6, 6.07) is 0. The first kappa shape index (κ1) is 14.6. The van der Waals surface area contributed by atoms with Gasteiger partial charge in [-0.25, -0.2) is 0 Å². The lowest BCUT2D eigenvalue weighted by molar-refractivity contribution is -0.140.